The highest BCUT2D eigenvalue weighted by atomic mass is 19.3. The van der Waals surface area contributed by atoms with Crippen LogP contribution in [0.4, 0.5) is 13.6 Å². The second-order valence-corrected chi connectivity index (χ2v) is 6.04. The average Bonchev–Trinajstić information content (AvgIpc) is 2.92. The van der Waals surface area contributed by atoms with Gasteiger partial charge in [-0.2, -0.15) is 0 Å². The van der Waals surface area contributed by atoms with E-state index in [4.69, 9.17) is 9.15 Å². The molecule has 1 aromatic rings. The van der Waals surface area contributed by atoms with Crippen LogP contribution in [0.25, 0.3) is 0 Å². The normalized spacial score (nSPS) is 12.8. The van der Waals surface area contributed by atoms with Crippen molar-refractivity contribution in [2.75, 3.05) is 6.54 Å². The number of carbonyl (C=O) groups excluding carboxylic acids is 2. The first-order valence-electron chi connectivity index (χ1n) is 7.21. The minimum atomic E-state index is -2.74. The van der Waals surface area contributed by atoms with Crippen molar-refractivity contribution in [3.8, 4) is 0 Å². The van der Waals surface area contributed by atoms with E-state index in [9.17, 15) is 18.4 Å². The minimum Gasteiger partial charge on any atom is -0.467 e. The SMILES string of the molecule is CC(C)(C)OC(=O)NCC(CC(=O)NCc1ccco1)C(F)F. The van der Waals surface area contributed by atoms with E-state index >= 15 is 0 Å². The van der Waals surface area contributed by atoms with Crippen LogP contribution in [0.3, 0.4) is 0 Å². The van der Waals surface area contributed by atoms with Gasteiger partial charge in [0.1, 0.15) is 11.4 Å². The van der Waals surface area contributed by atoms with E-state index in [1.165, 1.54) is 6.26 Å². The highest BCUT2D eigenvalue weighted by Crippen LogP contribution is 2.14. The Labute approximate surface area is 133 Å². The third kappa shape index (κ3) is 8.18. The van der Waals surface area contributed by atoms with Crippen LogP contribution >= 0.6 is 0 Å². The van der Waals surface area contributed by atoms with E-state index in [-0.39, 0.29) is 13.1 Å². The smallest absolute Gasteiger partial charge is 0.407 e. The van der Waals surface area contributed by atoms with E-state index in [1.807, 2.05) is 0 Å². The third-order valence-electron chi connectivity index (χ3n) is 2.75. The highest BCUT2D eigenvalue weighted by molar-refractivity contribution is 5.76. The number of amides is 2. The summed E-state index contributed by atoms with van der Waals surface area (Å²) in [6, 6.07) is 3.32. The molecule has 1 rings (SSSR count). The number of hydrogen-bond donors (Lipinski definition) is 2. The second-order valence-electron chi connectivity index (χ2n) is 6.04. The summed E-state index contributed by atoms with van der Waals surface area (Å²) in [6.45, 7) is 4.78. The summed E-state index contributed by atoms with van der Waals surface area (Å²) in [7, 11) is 0. The molecule has 8 heteroatoms. The lowest BCUT2D eigenvalue weighted by atomic mass is 10.1. The minimum absolute atomic E-state index is 0.126. The number of alkyl carbamates (subject to hydrolysis) is 1. The molecule has 2 amide bonds. The molecule has 0 fully saturated rings. The molecule has 0 saturated carbocycles. The third-order valence-corrected chi connectivity index (χ3v) is 2.75. The summed E-state index contributed by atoms with van der Waals surface area (Å²) in [5.74, 6) is -1.31. The predicted molar refractivity (Wildman–Crippen MR) is 78.9 cm³/mol. The molecular formula is C15H22F2N2O4. The zero-order valence-corrected chi connectivity index (χ0v) is 13.4. The van der Waals surface area contributed by atoms with Crippen LogP contribution in [0.15, 0.2) is 22.8 Å². The quantitative estimate of drug-likeness (QED) is 0.804. The van der Waals surface area contributed by atoms with Gasteiger partial charge in [0.05, 0.1) is 12.8 Å². The molecular weight excluding hydrogens is 310 g/mol. The van der Waals surface area contributed by atoms with Gasteiger partial charge in [0.15, 0.2) is 0 Å². The Morgan fingerprint density at radius 2 is 2.00 bits per heavy atom. The van der Waals surface area contributed by atoms with Crippen molar-refractivity contribution in [2.24, 2.45) is 5.92 Å². The lowest BCUT2D eigenvalue weighted by molar-refractivity contribution is -0.123. The van der Waals surface area contributed by atoms with Crippen molar-refractivity contribution in [1.82, 2.24) is 10.6 Å². The molecule has 0 radical (unpaired) electrons. The predicted octanol–water partition coefficient (Wildman–Crippen LogP) is 2.69. The molecule has 0 aliphatic heterocycles. The van der Waals surface area contributed by atoms with Crippen LogP contribution < -0.4 is 10.6 Å². The van der Waals surface area contributed by atoms with E-state index in [0.717, 1.165) is 0 Å². The topological polar surface area (TPSA) is 80.6 Å². The molecule has 1 unspecified atom stereocenters. The molecule has 0 aromatic carbocycles. The molecule has 6 nitrogen and oxygen atoms in total. The van der Waals surface area contributed by atoms with Gasteiger partial charge >= 0.3 is 6.09 Å². The number of rotatable bonds is 7. The van der Waals surface area contributed by atoms with Crippen LogP contribution in [0.1, 0.15) is 33.0 Å². The molecule has 1 aromatic heterocycles. The summed E-state index contributed by atoms with van der Waals surface area (Å²) in [6.07, 6.45) is -2.49. The van der Waals surface area contributed by atoms with Crippen molar-refractivity contribution in [1.29, 1.82) is 0 Å². The lowest BCUT2D eigenvalue weighted by Gasteiger charge is -2.21. The van der Waals surface area contributed by atoms with Gasteiger partial charge < -0.3 is 19.8 Å². The summed E-state index contributed by atoms with van der Waals surface area (Å²) >= 11 is 0. The van der Waals surface area contributed by atoms with Gasteiger partial charge in [-0.15, -0.1) is 0 Å². The van der Waals surface area contributed by atoms with Gasteiger partial charge in [0.2, 0.25) is 12.3 Å². The Balaban J connectivity index is 2.39. The molecule has 0 saturated heterocycles. The lowest BCUT2D eigenvalue weighted by Crippen LogP contribution is -2.38. The molecule has 0 bridgehead atoms. The average molecular weight is 332 g/mol. The van der Waals surface area contributed by atoms with Crippen molar-refractivity contribution in [3.63, 3.8) is 0 Å². The van der Waals surface area contributed by atoms with Crippen LogP contribution in [-0.4, -0.2) is 30.6 Å². The van der Waals surface area contributed by atoms with E-state index in [1.54, 1.807) is 32.9 Å². The highest BCUT2D eigenvalue weighted by Gasteiger charge is 2.25. The van der Waals surface area contributed by atoms with Gasteiger partial charge in [0, 0.05) is 18.9 Å². The zero-order valence-electron chi connectivity index (χ0n) is 13.4. The fourth-order valence-electron chi connectivity index (χ4n) is 1.69. The van der Waals surface area contributed by atoms with Crippen molar-refractivity contribution in [2.45, 2.75) is 45.8 Å². The molecule has 2 N–H and O–H groups in total. The van der Waals surface area contributed by atoms with Crippen molar-refractivity contribution < 1.29 is 27.5 Å². The Morgan fingerprint density at radius 3 is 2.52 bits per heavy atom. The number of halogens is 2. The molecule has 0 spiro atoms. The van der Waals surface area contributed by atoms with Gasteiger partial charge in [-0.1, -0.05) is 0 Å². The maximum Gasteiger partial charge on any atom is 0.407 e. The molecule has 0 aliphatic rings. The maximum absolute atomic E-state index is 13.0. The van der Waals surface area contributed by atoms with E-state index < -0.39 is 36.4 Å². The molecule has 1 atom stereocenters. The van der Waals surface area contributed by atoms with Gasteiger partial charge in [-0.05, 0) is 32.9 Å². The van der Waals surface area contributed by atoms with Gasteiger partial charge in [-0.25, -0.2) is 13.6 Å². The zero-order chi connectivity index (χ0) is 17.5. The molecule has 23 heavy (non-hydrogen) atoms. The number of furan rings is 1. The number of nitrogens with one attached hydrogen (secondary N) is 2. The molecule has 1 heterocycles. The first-order chi connectivity index (χ1) is 10.7. The summed E-state index contributed by atoms with van der Waals surface area (Å²) in [4.78, 5) is 23.2. The Morgan fingerprint density at radius 1 is 1.30 bits per heavy atom. The van der Waals surface area contributed by atoms with E-state index in [0.29, 0.717) is 5.76 Å². The van der Waals surface area contributed by atoms with Crippen molar-refractivity contribution >= 4 is 12.0 Å². The Kier molecular flexibility index (Phi) is 6.99. The number of carbonyl (C=O) groups is 2. The number of ether oxygens (including phenoxy) is 1. The Bertz CT molecular complexity index is 498. The number of hydrogen-bond acceptors (Lipinski definition) is 4. The van der Waals surface area contributed by atoms with Crippen LogP contribution in [-0.2, 0) is 16.1 Å². The van der Waals surface area contributed by atoms with Crippen LogP contribution in [0, 0.1) is 5.92 Å². The van der Waals surface area contributed by atoms with E-state index in [2.05, 4.69) is 10.6 Å². The monoisotopic (exact) mass is 332 g/mol. The largest absolute Gasteiger partial charge is 0.467 e. The summed E-state index contributed by atoms with van der Waals surface area (Å²) in [5.41, 5.74) is -0.717. The number of alkyl halides is 2. The summed E-state index contributed by atoms with van der Waals surface area (Å²) in [5, 5.41) is 4.74. The second kappa shape index (κ2) is 8.50. The first-order valence-corrected chi connectivity index (χ1v) is 7.21. The van der Waals surface area contributed by atoms with Crippen molar-refractivity contribution in [3.05, 3.63) is 24.2 Å². The fraction of sp³-hybridized carbons (Fsp3) is 0.600. The van der Waals surface area contributed by atoms with Crippen LogP contribution in [0.5, 0.6) is 0 Å². The van der Waals surface area contributed by atoms with Gasteiger partial charge in [0.25, 0.3) is 0 Å². The van der Waals surface area contributed by atoms with Gasteiger partial charge in [-0.3, -0.25) is 4.79 Å². The molecule has 0 aliphatic carbocycles. The maximum atomic E-state index is 13.0. The summed E-state index contributed by atoms with van der Waals surface area (Å²) < 4.78 is 35.9. The molecule has 130 valence electrons. The van der Waals surface area contributed by atoms with Crippen LogP contribution in [0.2, 0.25) is 0 Å². The first kappa shape index (κ1) is 18.9. The Hall–Kier alpha value is -2.12. The standard InChI is InChI=1S/C15H22F2N2O4/c1-15(2,3)23-14(21)19-8-10(13(16)17)7-12(20)18-9-11-5-4-6-22-11/h4-6,10,13H,7-9H2,1-3H3,(H,18,20)(H,19,21). The fourth-order valence-corrected chi connectivity index (χ4v) is 1.69.